The molecule has 1 rings (SSSR count). The third-order valence-corrected chi connectivity index (χ3v) is 5.14. The first-order valence-corrected chi connectivity index (χ1v) is 9.46. The van der Waals surface area contributed by atoms with Gasteiger partial charge in [-0.05, 0) is 18.3 Å². The highest BCUT2D eigenvalue weighted by atomic mass is 15.1. The number of likely N-dealkylation sites (tertiary alicyclic amines) is 1. The molecular formula is C19H36N2. The summed E-state index contributed by atoms with van der Waals surface area (Å²) in [6, 6.07) is 0. The van der Waals surface area contributed by atoms with Crippen molar-refractivity contribution in [3.05, 3.63) is 0 Å². The average Bonchev–Trinajstić information content (AvgIpc) is 2.98. The van der Waals surface area contributed by atoms with Crippen LogP contribution < -0.4 is 0 Å². The van der Waals surface area contributed by atoms with E-state index in [9.17, 15) is 0 Å². The van der Waals surface area contributed by atoms with Crippen molar-refractivity contribution in [1.29, 1.82) is 5.26 Å². The van der Waals surface area contributed by atoms with Gasteiger partial charge in [0.25, 0.3) is 0 Å². The highest BCUT2D eigenvalue weighted by Crippen LogP contribution is 2.32. The molecule has 122 valence electrons. The molecule has 1 aliphatic rings. The highest BCUT2D eigenvalue weighted by Gasteiger charge is 2.28. The summed E-state index contributed by atoms with van der Waals surface area (Å²) in [6.07, 6.45) is 18.9. The Morgan fingerprint density at radius 3 is 2.05 bits per heavy atom. The zero-order valence-corrected chi connectivity index (χ0v) is 14.4. The highest BCUT2D eigenvalue weighted by molar-refractivity contribution is 4.87. The SMILES string of the molecule is CCCCCCCC(CCCCCC)C1CCN(C#N)C1. The molecule has 1 saturated heterocycles. The Morgan fingerprint density at radius 1 is 0.952 bits per heavy atom. The lowest BCUT2D eigenvalue weighted by molar-refractivity contribution is 0.281. The molecular weight excluding hydrogens is 256 g/mol. The van der Waals surface area contributed by atoms with Crippen LogP contribution in [0.3, 0.4) is 0 Å². The summed E-state index contributed by atoms with van der Waals surface area (Å²) in [5.41, 5.74) is 0. The Kier molecular flexibility index (Phi) is 10.4. The second-order valence-corrected chi connectivity index (χ2v) is 6.91. The Morgan fingerprint density at radius 2 is 1.52 bits per heavy atom. The van der Waals surface area contributed by atoms with Crippen LogP contribution in [0.25, 0.3) is 0 Å². The third kappa shape index (κ3) is 7.74. The number of nitrogens with zero attached hydrogens (tertiary/aromatic N) is 2. The molecule has 2 nitrogen and oxygen atoms in total. The normalized spacial score (nSPS) is 19.7. The first-order chi connectivity index (χ1) is 10.3. The molecule has 0 radical (unpaired) electrons. The fourth-order valence-electron chi connectivity index (χ4n) is 3.72. The number of rotatable bonds is 12. The maximum atomic E-state index is 9.06. The van der Waals surface area contributed by atoms with E-state index in [-0.39, 0.29) is 0 Å². The summed E-state index contributed by atoms with van der Waals surface area (Å²) >= 11 is 0. The van der Waals surface area contributed by atoms with Gasteiger partial charge in [0.05, 0.1) is 0 Å². The van der Waals surface area contributed by atoms with E-state index in [2.05, 4.69) is 20.0 Å². The van der Waals surface area contributed by atoms with Crippen molar-refractivity contribution in [2.45, 2.75) is 90.9 Å². The van der Waals surface area contributed by atoms with Crippen molar-refractivity contribution >= 4 is 0 Å². The lowest BCUT2D eigenvalue weighted by Gasteiger charge is -2.23. The Bertz CT molecular complexity index is 282. The van der Waals surface area contributed by atoms with Crippen molar-refractivity contribution in [1.82, 2.24) is 4.90 Å². The van der Waals surface area contributed by atoms with Gasteiger partial charge in [0, 0.05) is 13.1 Å². The molecule has 2 unspecified atom stereocenters. The molecule has 0 amide bonds. The molecule has 0 aromatic heterocycles. The summed E-state index contributed by atoms with van der Waals surface area (Å²) in [5, 5.41) is 9.06. The topological polar surface area (TPSA) is 27.0 Å². The lowest BCUT2D eigenvalue weighted by Crippen LogP contribution is -2.19. The van der Waals surface area contributed by atoms with E-state index < -0.39 is 0 Å². The first-order valence-electron chi connectivity index (χ1n) is 9.46. The summed E-state index contributed by atoms with van der Waals surface area (Å²) in [7, 11) is 0. The van der Waals surface area contributed by atoms with Gasteiger partial charge in [0.2, 0.25) is 0 Å². The molecule has 21 heavy (non-hydrogen) atoms. The number of unbranched alkanes of at least 4 members (excludes halogenated alkanes) is 7. The molecule has 0 N–H and O–H groups in total. The van der Waals surface area contributed by atoms with E-state index in [0.717, 1.165) is 24.9 Å². The van der Waals surface area contributed by atoms with Crippen molar-refractivity contribution < 1.29 is 0 Å². The Labute approximate surface area is 132 Å². The first kappa shape index (κ1) is 18.3. The van der Waals surface area contributed by atoms with Crippen molar-refractivity contribution in [3.63, 3.8) is 0 Å². The van der Waals surface area contributed by atoms with Crippen LogP contribution in [0.2, 0.25) is 0 Å². The van der Waals surface area contributed by atoms with Crippen LogP contribution in [0, 0.1) is 23.3 Å². The zero-order valence-electron chi connectivity index (χ0n) is 14.4. The molecule has 1 heterocycles. The van der Waals surface area contributed by atoms with Gasteiger partial charge in [0.15, 0.2) is 6.19 Å². The standard InChI is InChI=1S/C19H36N2/c1-3-5-7-9-11-13-18(12-10-8-6-4-2)19-14-15-21(16-19)17-20/h18-19H,3-16H2,1-2H3. The van der Waals surface area contributed by atoms with E-state index in [4.69, 9.17) is 5.26 Å². The van der Waals surface area contributed by atoms with Gasteiger partial charge in [-0.3, -0.25) is 0 Å². The van der Waals surface area contributed by atoms with E-state index >= 15 is 0 Å². The maximum absolute atomic E-state index is 9.06. The largest absolute Gasteiger partial charge is 0.310 e. The number of nitriles is 1. The van der Waals surface area contributed by atoms with E-state index in [1.165, 1.54) is 77.0 Å². The summed E-state index contributed by atoms with van der Waals surface area (Å²) in [6.45, 7) is 6.60. The predicted molar refractivity (Wildman–Crippen MR) is 90.9 cm³/mol. The monoisotopic (exact) mass is 292 g/mol. The Balaban J connectivity index is 2.29. The van der Waals surface area contributed by atoms with Crippen LogP contribution in [0.15, 0.2) is 0 Å². The second-order valence-electron chi connectivity index (χ2n) is 6.91. The minimum Gasteiger partial charge on any atom is -0.310 e. The van der Waals surface area contributed by atoms with E-state index in [0.29, 0.717) is 0 Å². The van der Waals surface area contributed by atoms with Crippen LogP contribution in [0.1, 0.15) is 90.9 Å². The summed E-state index contributed by atoms with van der Waals surface area (Å²) in [5.74, 6) is 1.67. The average molecular weight is 293 g/mol. The molecule has 0 aromatic rings. The van der Waals surface area contributed by atoms with Crippen molar-refractivity contribution in [2.75, 3.05) is 13.1 Å². The fourth-order valence-corrected chi connectivity index (χ4v) is 3.72. The molecule has 0 saturated carbocycles. The third-order valence-electron chi connectivity index (χ3n) is 5.14. The molecule has 0 aliphatic carbocycles. The molecule has 2 heteroatoms. The van der Waals surface area contributed by atoms with E-state index in [1.54, 1.807) is 0 Å². The minimum atomic E-state index is 0.789. The van der Waals surface area contributed by atoms with Crippen LogP contribution in [-0.4, -0.2) is 18.0 Å². The zero-order chi connectivity index (χ0) is 15.3. The van der Waals surface area contributed by atoms with Gasteiger partial charge in [-0.2, -0.15) is 5.26 Å². The van der Waals surface area contributed by atoms with Crippen molar-refractivity contribution in [3.8, 4) is 6.19 Å². The summed E-state index contributed by atoms with van der Waals surface area (Å²) < 4.78 is 0. The second kappa shape index (κ2) is 11.9. The molecule has 0 spiro atoms. The van der Waals surface area contributed by atoms with Gasteiger partial charge >= 0.3 is 0 Å². The Hall–Kier alpha value is -0.710. The van der Waals surface area contributed by atoms with Gasteiger partial charge in [0.1, 0.15) is 0 Å². The van der Waals surface area contributed by atoms with Crippen LogP contribution >= 0.6 is 0 Å². The minimum absolute atomic E-state index is 0.789. The number of hydrogen-bond acceptors (Lipinski definition) is 2. The molecule has 0 bridgehead atoms. The predicted octanol–water partition coefficient (Wildman–Crippen LogP) is 5.74. The van der Waals surface area contributed by atoms with Crippen LogP contribution in [0.5, 0.6) is 0 Å². The molecule has 0 aromatic carbocycles. The molecule has 2 atom stereocenters. The van der Waals surface area contributed by atoms with Crippen LogP contribution in [-0.2, 0) is 0 Å². The molecule has 1 fully saturated rings. The molecule has 1 aliphatic heterocycles. The van der Waals surface area contributed by atoms with Gasteiger partial charge in [-0.15, -0.1) is 0 Å². The van der Waals surface area contributed by atoms with Gasteiger partial charge < -0.3 is 4.90 Å². The van der Waals surface area contributed by atoms with Gasteiger partial charge in [-0.25, -0.2) is 0 Å². The fraction of sp³-hybridized carbons (Fsp3) is 0.947. The smallest absolute Gasteiger partial charge is 0.179 e. The van der Waals surface area contributed by atoms with E-state index in [1.807, 2.05) is 4.90 Å². The van der Waals surface area contributed by atoms with Crippen molar-refractivity contribution in [2.24, 2.45) is 11.8 Å². The maximum Gasteiger partial charge on any atom is 0.179 e. The van der Waals surface area contributed by atoms with Crippen LogP contribution in [0.4, 0.5) is 0 Å². The van der Waals surface area contributed by atoms with Gasteiger partial charge in [-0.1, -0.05) is 84.5 Å². The summed E-state index contributed by atoms with van der Waals surface area (Å²) in [4.78, 5) is 1.97. The number of hydrogen-bond donors (Lipinski definition) is 0. The quantitative estimate of drug-likeness (QED) is 0.339. The lowest BCUT2D eigenvalue weighted by atomic mass is 9.83.